The van der Waals surface area contributed by atoms with Crippen LogP contribution in [0.1, 0.15) is 36.9 Å². The quantitative estimate of drug-likeness (QED) is 0.658. The second-order valence-corrected chi connectivity index (χ2v) is 7.55. The second kappa shape index (κ2) is 8.47. The molecule has 29 heavy (non-hydrogen) atoms. The van der Waals surface area contributed by atoms with E-state index in [-0.39, 0.29) is 17.9 Å². The van der Waals surface area contributed by atoms with Crippen molar-refractivity contribution >= 4 is 22.8 Å². The molecule has 4 rings (SSSR count). The van der Waals surface area contributed by atoms with Gasteiger partial charge < -0.3 is 14.8 Å². The summed E-state index contributed by atoms with van der Waals surface area (Å²) in [5.41, 5.74) is 4.39. The molecule has 6 nitrogen and oxygen atoms in total. The van der Waals surface area contributed by atoms with Crippen LogP contribution in [-0.4, -0.2) is 39.4 Å². The van der Waals surface area contributed by atoms with Crippen molar-refractivity contribution in [2.75, 3.05) is 13.1 Å². The van der Waals surface area contributed by atoms with Crippen LogP contribution in [-0.2, 0) is 22.6 Å². The van der Waals surface area contributed by atoms with Gasteiger partial charge in [0, 0.05) is 26.1 Å². The van der Waals surface area contributed by atoms with Gasteiger partial charge in [-0.2, -0.15) is 0 Å². The maximum atomic E-state index is 12.5. The Bertz CT molecular complexity index is 1030. The minimum absolute atomic E-state index is 0.0625. The molecule has 3 aromatic rings. The van der Waals surface area contributed by atoms with Crippen molar-refractivity contribution in [3.05, 3.63) is 66.0 Å². The predicted molar refractivity (Wildman–Crippen MR) is 112 cm³/mol. The van der Waals surface area contributed by atoms with Gasteiger partial charge in [0.25, 0.3) is 0 Å². The minimum Gasteiger partial charge on any atom is -0.354 e. The number of hydrogen-bond donors (Lipinski definition) is 1. The summed E-state index contributed by atoms with van der Waals surface area (Å²) in [6.07, 6.45) is 3.70. The van der Waals surface area contributed by atoms with E-state index in [1.54, 1.807) is 6.33 Å². The van der Waals surface area contributed by atoms with Crippen LogP contribution < -0.4 is 5.32 Å². The zero-order chi connectivity index (χ0) is 20.2. The molecule has 2 aromatic carbocycles. The van der Waals surface area contributed by atoms with Crippen LogP contribution in [0.3, 0.4) is 0 Å². The zero-order valence-electron chi connectivity index (χ0n) is 16.7. The fraction of sp³-hybridized carbons (Fsp3) is 0.348. The molecule has 0 fully saturated rings. The van der Waals surface area contributed by atoms with Gasteiger partial charge in [-0.05, 0) is 43.0 Å². The number of fused-ring (bicyclic) bond motifs is 2. The molecule has 1 N–H and O–H groups in total. The summed E-state index contributed by atoms with van der Waals surface area (Å²) in [6.45, 7) is 3.81. The third-order valence-corrected chi connectivity index (χ3v) is 5.63. The molecule has 1 aliphatic rings. The summed E-state index contributed by atoms with van der Waals surface area (Å²) < 4.78 is 1.88. The molecule has 1 aliphatic heterocycles. The molecule has 0 saturated carbocycles. The van der Waals surface area contributed by atoms with Crippen LogP contribution in [0.5, 0.6) is 0 Å². The number of aromatic nitrogens is 2. The predicted octanol–water partition coefficient (Wildman–Crippen LogP) is 3.08. The van der Waals surface area contributed by atoms with Gasteiger partial charge in [0.1, 0.15) is 6.04 Å². The Morgan fingerprint density at radius 2 is 1.86 bits per heavy atom. The molecule has 0 bridgehead atoms. The lowest BCUT2D eigenvalue weighted by atomic mass is 9.99. The standard InChI is InChI=1S/C23H26N4O2/c1-17(27-16-25-20-9-4-5-10-21(20)27)23(29)24-13-6-11-22(28)26-14-12-18-7-2-3-8-19(18)15-26/h2-5,7-10,16-17H,6,11-15H2,1H3,(H,24,29). The van der Waals surface area contributed by atoms with E-state index in [2.05, 4.69) is 22.4 Å². The lowest BCUT2D eigenvalue weighted by molar-refractivity contribution is -0.132. The number of nitrogens with one attached hydrogen (secondary N) is 1. The number of benzene rings is 2. The van der Waals surface area contributed by atoms with Crippen molar-refractivity contribution in [3.8, 4) is 0 Å². The number of carbonyl (C=O) groups is 2. The smallest absolute Gasteiger partial charge is 0.242 e. The topological polar surface area (TPSA) is 67.2 Å². The Morgan fingerprint density at radius 1 is 1.10 bits per heavy atom. The van der Waals surface area contributed by atoms with Crippen molar-refractivity contribution in [2.45, 2.75) is 38.8 Å². The van der Waals surface area contributed by atoms with Crippen molar-refractivity contribution in [3.63, 3.8) is 0 Å². The van der Waals surface area contributed by atoms with Crippen molar-refractivity contribution in [1.82, 2.24) is 19.8 Å². The largest absolute Gasteiger partial charge is 0.354 e. The summed E-state index contributed by atoms with van der Waals surface area (Å²) in [4.78, 5) is 31.3. The highest BCUT2D eigenvalue weighted by Crippen LogP contribution is 2.19. The summed E-state index contributed by atoms with van der Waals surface area (Å²) in [6, 6.07) is 15.7. The lowest BCUT2D eigenvalue weighted by Crippen LogP contribution is -2.36. The average molecular weight is 390 g/mol. The highest BCUT2D eigenvalue weighted by Gasteiger charge is 2.20. The molecule has 0 aliphatic carbocycles. The van der Waals surface area contributed by atoms with Crippen LogP contribution in [0, 0.1) is 0 Å². The minimum atomic E-state index is -0.350. The number of imidazole rings is 1. The van der Waals surface area contributed by atoms with Gasteiger partial charge in [-0.1, -0.05) is 36.4 Å². The molecule has 2 heterocycles. The Labute approximate surface area is 170 Å². The Morgan fingerprint density at radius 3 is 2.72 bits per heavy atom. The number of rotatable bonds is 6. The van der Waals surface area contributed by atoms with Crippen LogP contribution in [0.25, 0.3) is 11.0 Å². The molecule has 0 spiro atoms. The zero-order valence-corrected chi connectivity index (χ0v) is 16.7. The fourth-order valence-corrected chi connectivity index (χ4v) is 3.88. The van der Waals surface area contributed by atoms with Gasteiger partial charge in [-0.3, -0.25) is 9.59 Å². The Hall–Kier alpha value is -3.15. The van der Waals surface area contributed by atoms with E-state index < -0.39 is 0 Å². The number of carbonyl (C=O) groups excluding carboxylic acids is 2. The van der Waals surface area contributed by atoms with Crippen LogP contribution >= 0.6 is 0 Å². The molecule has 1 atom stereocenters. The summed E-state index contributed by atoms with van der Waals surface area (Å²) in [5.74, 6) is 0.0925. The summed E-state index contributed by atoms with van der Waals surface area (Å²) >= 11 is 0. The molecular formula is C23H26N4O2. The first-order chi connectivity index (χ1) is 14.1. The normalized spacial score (nSPS) is 14.4. The first-order valence-corrected chi connectivity index (χ1v) is 10.2. The molecule has 1 unspecified atom stereocenters. The fourth-order valence-electron chi connectivity index (χ4n) is 3.88. The number of para-hydroxylation sites is 2. The van der Waals surface area contributed by atoms with Gasteiger partial charge in [0.2, 0.25) is 11.8 Å². The molecule has 150 valence electrons. The molecule has 1 aromatic heterocycles. The van der Waals surface area contributed by atoms with Gasteiger partial charge in [-0.25, -0.2) is 4.98 Å². The van der Waals surface area contributed by atoms with Gasteiger partial charge >= 0.3 is 0 Å². The van der Waals surface area contributed by atoms with Gasteiger partial charge in [0.05, 0.1) is 17.4 Å². The molecule has 0 radical (unpaired) electrons. The van der Waals surface area contributed by atoms with E-state index in [4.69, 9.17) is 0 Å². The van der Waals surface area contributed by atoms with E-state index in [1.807, 2.05) is 52.8 Å². The molecule has 6 heteroatoms. The maximum Gasteiger partial charge on any atom is 0.242 e. The number of hydrogen-bond acceptors (Lipinski definition) is 3. The van der Waals surface area contributed by atoms with Crippen molar-refractivity contribution in [1.29, 1.82) is 0 Å². The van der Waals surface area contributed by atoms with E-state index in [0.29, 0.717) is 25.9 Å². The van der Waals surface area contributed by atoms with Crippen LogP contribution in [0.15, 0.2) is 54.9 Å². The maximum absolute atomic E-state index is 12.5. The van der Waals surface area contributed by atoms with Gasteiger partial charge in [-0.15, -0.1) is 0 Å². The van der Waals surface area contributed by atoms with Crippen LogP contribution in [0.4, 0.5) is 0 Å². The molecule has 2 amide bonds. The van der Waals surface area contributed by atoms with E-state index >= 15 is 0 Å². The van der Waals surface area contributed by atoms with Crippen LogP contribution in [0.2, 0.25) is 0 Å². The average Bonchev–Trinajstić information content (AvgIpc) is 3.19. The Kier molecular flexibility index (Phi) is 5.60. The number of amides is 2. The van der Waals surface area contributed by atoms with E-state index in [1.165, 1.54) is 11.1 Å². The van der Waals surface area contributed by atoms with E-state index in [0.717, 1.165) is 24.0 Å². The number of nitrogens with zero attached hydrogens (tertiary/aromatic N) is 3. The second-order valence-electron chi connectivity index (χ2n) is 7.55. The van der Waals surface area contributed by atoms with Gasteiger partial charge in [0.15, 0.2) is 0 Å². The third kappa shape index (κ3) is 4.16. The third-order valence-electron chi connectivity index (χ3n) is 5.63. The Balaban J connectivity index is 1.24. The highest BCUT2D eigenvalue weighted by atomic mass is 16.2. The van der Waals surface area contributed by atoms with Crippen molar-refractivity contribution in [2.24, 2.45) is 0 Å². The monoisotopic (exact) mass is 390 g/mol. The summed E-state index contributed by atoms with van der Waals surface area (Å²) in [7, 11) is 0. The van der Waals surface area contributed by atoms with Crippen molar-refractivity contribution < 1.29 is 9.59 Å². The molecular weight excluding hydrogens is 364 g/mol. The highest BCUT2D eigenvalue weighted by molar-refractivity contribution is 5.83. The first kappa shape index (κ1) is 19.2. The first-order valence-electron chi connectivity index (χ1n) is 10.2. The van der Waals surface area contributed by atoms with E-state index in [9.17, 15) is 9.59 Å². The summed E-state index contributed by atoms with van der Waals surface area (Å²) in [5, 5.41) is 2.95. The molecule has 0 saturated heterocycles. The SMILES string of the molecule is CC(C(=O)NCCCC(=O)N1CCc2ccccc2C1)n1cnc2ccccc21. The lowest BCUT2D eigenvalue weighted by Gasteiger charge is -2.29.